The Bertz CT molecular complexity index is 476. The molecule has 0 aliphatic carbocycles. The molecule has 2 aromatic rings. The third-order valence-corrected chi connectivity index (χ3v) is 1.86. The molecule has 2 rings (SSSR count). The zero-order valence-corrected chi connectivity index (χ0v) is 7.89. The van der Waals surface area contributed by atoms with Crippen molar-refractivity contribution in [1.29, 1.82) is 0 Å². The number of rotatable bonds is 2. The van der Waals surface area contributed by atoms with Crippen LogP contribution in [-0.4, -0.2) is 19.3 Å². The summed E-state index contributed by atoms with van der Waals surface area (Å²) in [5.41, 5.74) is 1.35. The summed E-state index contributed by atoms with van der Waals surface area (Å²) in [4.78, 5) is 0. The summed E-state index contributed by atoms with van der Waals surface area (Å²) in [5.74, 6) is 0.625. The van der Waals surface area contributed by atoms with E-state index >= 15 is 0 Å². The van der Waals surface area contributed by atoms with E-state index in [-0.39, 0.29) is 0 Å². The molecule has 0 saturated heterocycles. The van der Waals surface area contributed by atoms with E-state index in [0.29, 0.717) is 17.0 Å². The highest BCUT2D eigenvalue weighted by molar-refractivity contribution is 5.82. The standard InChI is InChI=1S/C9H9N3O2/c1-10-12-7-3-6-5-11-14-8(6)4-9(7)13-2/h3-5H,1-2H3. The molecule has 0 N–H and O–H groups in total. The van der Waals surface area contributed by atoms with Gasteiger partial charge < -0.3 is 9.26 Å². The molecule has 1 aromatic carbocycles. The van der Waals surface area contributed by atoms with Gasteiger partial charge in [-0.15, -0.1) is 0 Å². The van der Waals surface area contributed by atoms with E-state index in [9.17, 15) is 0 Å². The van der Waals surface area contributed by atoms with Crippen LogP contribution in [0, 0.1) is 0 Å². The monoisotopic (exact) mass is 191 g/mol. The van der Waals surface area contributed by atoms with E-state index in [1.165, 1.54) is 0 Å². The molecule has 5 heteroatoms. The highest BCUT2D eigenvalue weighted by atomic mass is 16.5. The van der Waals surface area contributed by atoms with Gasteiger partial charge in [-0.3, -0.25) is 0 Å². The zero-order chi connectivity index (χ0) is 9.97. The van der Waals surface area contributed by atoms with Crippen molar-refractivity contribution in [2.24, 2.45) is 10.2 Å². The van der Waals surface area contributed by atoms with Crippen LogP contribution < -0.4 is 4.74 Å². The van der Waals surface area contributed by atoms with E-state index in [2.05, 4.69) is 15.4 Å². The Labute approximate surface area is 80.4 Å². The lowest BCUT2D eigenvalue weighted by Gasteiger charge is -2.01. The van der Waals surface area contributed by atoms with Crippen LogP contribution in [0.3, 0.4) is 0 Å². The van der Waals surface area contributed by atoms with Crippen molar-refractivity contribution < 1.29 is 9.26 Å². The van der Waals surface area contributed by atoms with Crippen molar-refractivity contribution in [2.45, 2.75) is 0 Å². The lowest BCUT2D eigenvalue weighted by Crippen LogP contribution is -1.82. The van der Waals surface area contributed by atoms with E-state index in [0.717, 1.165) is 5.39 Å². The minimum Gasteiger partial charge on any atom is -0.494 e. The molecule has 0 spiro atoms. The van der Waals surface area contributed by atoms with Crippen LogP contribution in [-0.2, 0) is 0 Å². The van der Waals surface area contributed by atoms with Crippen molar-refractivity contribution in [2.75, 3.05) is 14.2 Å². The quantitative estimate of drug-likeness (QED) is 0.685. The number of hydrogen-bond donors (Lipinski definition) is 0. The number of benzene rings is 1. The minimum absolute atomic E-state index is 0.625. The van der Waals surface area contributed by atoms with Gasteiger partial charge in [-0.25, -0.2) is 0 Å². The van der Waals surface area contributed by atoms with Crippen LogP contribution in [0.5, 0.6) is 5.75 Å². The summed E-state index contributed by atoms with van der Waals surface area (Å²) >= 11 is 0. The molecule has 72 valence electrons. The van der Waals surface area contributed by atoms with Gasteiger partial charge in [0.15, 0.2) is 5.58 Å². The molecule has 0 aliphatic heterocycles. The molecule has 0 saturated carbocycles. The molecule has 0 unspecified atom stereocenters. The maximum Gasteiger partial charge on any atom is 0.170 e. The Morgan fingerprint density at radius 3 is 3.00 bits per heavy atom. The maximum absolute atomic E-state index is 5.13. The molecular weight excluding hydrogens is 182 g/mol. The van der Waals surface area contributed by atoms with E-state index < -0.39 is 0 Å². The molecule has 0 atom stereocenters. The Morgan fingerprint density at radius 1 is 1.43 bits per heavy atom. The van der Waals surface area contributed by atoms with Crippen LogP contribution in [0.15, 0.2) is 33.1 Å². The summed E-state index contributed by atoms with van der Waals surface area (Å²) in [6.07, 6.45) is 1.63. The van der Waals surface area contributed by atoms with Crippen molar-refractivity contribution >= 4 is 16.7 Å². The summed E-state index contributed by atoms with van der Waals surface area (Å²) in [6.45, 7) is 0. The van der Waals surface area contributed by atoms with Crippen LogP contribution in [0.25, 0.3) is 11.0 Å². The summed E-state index contributed by atoms with van der Waals surface area (Å²) < 4.78 is 10.1. The fraction of sp³-hybridized carbons (Fsp3) is 0.222. The SMILES string of the molecule is CN=Nc1cc2cnoc2cc1OC. The minimum atomic E-state index is 0.625. The topological polar surface area (TPSA) is 60.0 Å². The predicted molar refractivity (Wildman–Crippen MR) is 51.0 cm³/mol. The van der Waals surface area contributed by atoms with Crippen molar-refractivity contribution in [3.05, 3.63) is 18.3 Å². The number of methoxy groups -OCH3 is 1. The lowest BCUT2D eigenvalue weighted by molar-refractivity contribution is 0.412. The second kappa shape index (κ2) is 3.45. The van der Waals surface area contributed by atoms with Gasteiger partial charge in [-0.1, -0.05) is 5.16 Å². The number of hydrogen-bond acceptors (Lipinski definition) is 5. The molecule has 0 bridgehead atoms. The van der Waals surface area contributed by atoms with E-state index in [1.807, 2.05) is 6.07 Å². The van der Waals surface area contributed by atoms with Gasteiger partial charge >= 0.3 is 0 Å². The largest absolute Gasteiger partial charge is 0.494 e. The molecule has 1 heterocycles. The zero-order valence-electron chi connectivity index (χ0n) is 7.89. The average molecular weight is 191 g/mol. The second-order valence-corrected chi connectivity index (χ2v) is 2.69. The highest BCUT2D eigenvalue weighted by Crippen LogP contribution is 2.32. The number of aromatic nitrogens is 1. The predicted octanol–water partition coefficient (Wildman–Crippen LogP) is 2.55. The van der Waals surface area contributed by atoms with Crippen LogP contribution >= 0.6 is 0 Å². The van der Waals surface area contributed by atoms with Gasteiger partial charge in [0.25, 0.3) is 0 Å². The molecular formula is C9H9N3O2. The average Bonchev–Trinajstić information content (AvgIpc) is 2.64. The Hall–Kier alpha value is -1.91. The Kier molecular flexibility index (Phi) is 2.14. The van der Waals surface area contributed by atoms with Crippen molar-refractivity contribution in [3.63, 3.8) is 0 Å². The van der Waals surface area contributed by atoms with Crippen LogP contribution in [0.4, 0.5) is 5.69 Å². The summed E-state index contributed by atoms with van der Waals surface area (Å²) in [7, 11) is 3.18. The van der Waals surface area contributed by atoms with Gasteiger partial charge in [-0.05, 0) is 6.07 Å². The van der Waals surface area contributed by atoms with Gasteiger partial charge in [-0.2, -0.15) is 10.2 Å². The third-order valence-electron chi connectivity index (χ3n) is 1.86. The van der Waals surface area contributed by atoms with E-state index in [4.69, 9.17) is 9.26 Å². The first-order valence-electron chi connectivity index (χ1n) is 4.07. The highest BCUT2D eigenvalue weighted by Gasteiger charge is 2.07. The van der Waals surface area contributed by atoms with E-state index in [1.54, 1.807) is 26.4 Å². The summed E-state index contributed by atoms with van der Waals surface area (Å²) in [5, 5.41) is 12.2. The van der Waals surface area contributed by atoms with Gasteiger partial charge in [0.1, 0.15) is 11.4 Å². The Balaban J connectivity index is 2.66. The molecule has 0 aliphatic rings. The number of fused-ring (bicyclic) bond motifs is 1. The summed E-state index contributed by atoms with van der Waals surface area (Å²) in [6, 6.07) is 3.56. The molecule has 0 fully saturated rings. The molecule has 0 radical (unpaired) electrons. The second-order valence-electron chi connectivity index (χ2n) is 2.69. The molecule has 5 nitrogen and oxygen atoms in total. The van der Waals surface area contributed by atoms with Crippen molar-refractivity contribution in [1.82, 2.24) is 5.16 Å². The first-order valence-corrected chi connectivity index (χ1v) is 4.07. The van der Waals surface area contributed by atoms with Gasteiger partial charge in [0.05, 0.1) is 13.3 Å². The fourth-order valence-corrected chi connectivity index (χ4v) is 1.24. The van der Waals surface area contributed by atoms with Crippen LogP contribution in [0.2, 0.25) is 0 Å². The fourth-order valence-electron chi connectivity index (χ4n) is 1.24. The third kappa shape index (κ3) is 1.32. The first kappa shape index (κ1) is 8.68. The lowest BCUT2D eigenvalue weighted by atomic mass is 10.2. The van der Waals surface area contributed by atoms with Crippen LogP contribution in [0.1, 0.15) is 0 Å². The molecule has 1 aromatic heterocycles. The van der Waals surface area contributed by atoms with Gasteiger partial charge in [0, 0.05) is 18.5 Å². The number of azo groups is 1. The molecule has 14 heavy (non-hydrogen) atoms. The number of ether oxygens (including phenoxy) is 1. The normalized spacial score (nSPS) is 11.3. The first-order chi connectivity index (χ1) is 6.85. The smallest absolute Gasteiger partial charge is 0.170 e. The maximum atomic E-state index is 5.13. The number of nitrogens with zero attached hydrogens (tertiary/aromatic N) is 3. The Morgan fingerprint density at radius 2 is 2.29 bits per heavy atom. The van der Waals surface area contributed by atoms with Crippen molar-refractivity contribution in [3.8, 4) is 5.75 Å². The molecule has 0 amide bonds. The van der Waals surface area contributed by atoms with Gasteiger partial charge in [0.2, 0.25) is 0 Å².